The second kappa shape index (κ2) is 6.21. The summed E-state index contributed by atoms with van der Waals surface area (Å²) in [5.41, 5.74) is 0. The van der Waals surface area contributed by atoms with Crippen LogP contribution in [0.1, 0.15) is 33.6 Å². The summed E-state index contributed by atoms with van der Waals surface area (Å²) in [6.45, 7) is 7.70. The van der Waals surface area contributed by atoms with E-state index in [0.717, 1.165) is 25.9 Å². The van der Waals surface area contributed by atoms with E-state index in [1.165, 1.54) is 0 Å². The number of nitrogens with one attached hydrogen (secondary N) is 1. The molecule has 2 N–H and O–H groups in total. The molecule has 0 radical (unpaired) electrons. The van der Waals surface area contributed by atoms with Crippen molar-refractivity contribution in [3.63, 3.8) is 0 Å². The van der Waals surface area contributed by atoms with Crippen molar-refractivity contribution in [1.82, 2.24) is 10.2 Å². The lowest BCUT2D eigenvalue weighted by Crippen LogP contribution is -2.49. The average Bonchev–Trinajstić information content (AvgIpc) is 2.26. The number of carbonyl (C=O) groups is 1. The van der Waals surface area contributed by atoms with Crippen LogP contribution in [0, 0.1) is 5.92 Å². The third-order valence-corrected chi connectivity index (χ3v) is 3.39. The number of likely N-dealkylation sites (tertiary alicyclic amines) is 1. The zero-order valence-corrected chi connectivity index (χ0v) is 10.6. The molecule has 1 aliphatic rings. The number of piperidine rings is 1. The number of rotatable bonds is 4. The largest absolute Gasteiger partial charge is 0.395 e. The minimum Gasteiger partial charge on any atom is -0.395 e. The highest BCUT2D eigenvalue weighted by molar-refractivity contribution is 5.73. The van der Waals surface area contributed by atoms with E-state index in [-0.39, 0.29) is 18.6 Å². The van der Waals surface area contributed by atoms with Crippen molar-refractivity contribution in [2.45, 2.75) is 45.7 Å². The van der Waals surface area contributed by atoms with Crippen LogP contribution in [0.3, 0.4) is 0 Å². The second-order valence-electron chi connectivity index (χ2n) is 4.98. The van der Waals surface area contributed by atoms with Crippen molar-refractivity contribution >= 4 is 5.91 Å². The first-order valence-corrected chi connectivity index (χ1v) is 6.17. The Morgan fingerprint density at radius 1 is 1.44 bits per heavy atom. The second-order valence-corrected chi connectivity index (χ2v) is 4.98. The summed E-state index contributed by atoms with van der Waals surface area (Å²) in [6, 6.07) is 0.615. The maximum atomic E-state index is 11.2. The van der Waals surface area contributed by atoms with Crippen LogP contribution in [0.2, 0.25) is 0 Å². The molecule has 1 amide bonds. The fourth-order valence-corrected chi connectivity index (χ4v) is 2.12. The number of hydrogen-bond donors (Lipinski definition) is 2. The maximum absolute atomic E-state index is 11.2. The third-order valence-electron chi connectivity index (χ3n) is 3.39. The van der Waals surface area contributed by atoms with E-state index in [4.69, 9.17) is 0 Å². The number of hydrogen-bond acceptors (Lipinski definition) is 3. The summed E-state index contributed by atoms with van der Waals surface area (Å²) in [7, 11) is 0. The van der Waals surface area contributed by atoms with Gasteiger partial charge in [0.1, 0.15) is 0 Å². The van der Waals surface area contributed by atoms with E-state index in [0.29, 0.717) is 12.0 Å². The topological polar surface area (TPSA) is 52.6 Å². The van der Waals surface area contributed by atoms with Gasteiger partial charge in [-0.05, 0) is 18.8 Å². The minimum atomic E-state index is 0.168. The number of aliphatic hydroxyl groups is 1. The maximum Gasteiger partial charge on any atom is 0.219 e. The van der Waals surface area contributed by atoms with E-state index >= 15 is 0 Å². The van der Waals surface area contributed by atoms with Gasteiger partial charge in [-0.15, -0.1) is 0 Å². The normalized spacial score (nSPS) is 20.2. The van der Waals surface area contributed by atoms with Crippen molar-refractivity contribution in [3.05, 3.63) is 0 Å². The van der Waals surface area contributed by atoms with Gasteiger partial charge in [0.15, 0.2) is 0 Å². The molecule has 1 atom stereocenters. The number of carbonyl (C=O) groups excluding carboxylic acids is 1. The monoisotopic (exact) mass is 228 g/mol. The van der Waals surface area contributed by atoms with Crippen LogP contribution in [-0.2, 0) is 4.79 Å². The Labute approximate surface area is 98.0 Å². The van der Waals surface area contributed by atoms with E-state index in [1.54, 1.807) is 6.92 Å². The Balaban J connectivity index is 2.33. The first kappa shape index (κ1) is 13.5. The van der Waals surface area contributed by atoms with E-state index in [1.807, 2.05) is 4.90 Å². The van der Waals surface area contributed by atoms with Crippen LogP contribution in [0.25, 0.3) is 0 Å². The summed E-state index contributed by atoms with van der Waals surface area (Å²) in [5, 5.41) is 12.7. The van der Waals surface area contributed by atoms with Crippen LogP contribution in [0.5, 0.6) is 0 Å². The highest BCUT2D eigenvalue weighted by atomic mass is 16.3. The quantitative estimate of drug-likeness (QED) is 0.741. The highest BCUT2D eigenvalue weighted by Crippen LogP contribution is 2.12. The third kappa shape index (κ3) is 3.76. The molecule has 1 aliphatic heterocycles. The molecule has 0 aromatic carbocycles. The molecule has 0 aliphatic carbocycles. The molecule has 1 rings (SSSR count). The van der Waals surface area contributed by atoms with Crippen LogP contribution in [0.4, 0.5) is 0 Å². The lowest BCUT2D eigenvalue weighted by atomic mass is 9.99. The molecule has 0 aromatic heterocycles. The summed E-state index contributed by atoms with van der Waals surface area (Å²) < 4.78 is 0. The van der Waals surface area contributed by atoms with Gasteiger partial charge in [0.25, 0.3) is 0 Å². The minimum absolute atomic E-state index is 0.168. The molecular formula is C12H24N2O2. The SMILES string of the molecule is CC(=O)N1CCC(N[C@H](CO)C(C)C)CC1. The van der Waals surface area contributed by atoms with Gasteiger partial charge in [-0.3, -0.25) is 4.79 Å². The van der Waals surface area contributed by atoms with Crippen molar-refractivity contribution < 1.29 is 9.90 Å². The summed E-state index contributed by atoms with van der Waals surface area (Å²) >= 11 is 0. The van der Waals surface area contributed by atoms with Gasteiger partial charge in [-0.1, -0.05) is 13.8 Å². The molecule has 0 unspecified atom stereocenters. The molecule has 0 saturated carbocycles. The smallest absolute Gasteiger partial charge is 0.219 e. The zero-order valence-electron chi connectivity index (χ0n) is 10.6. The number of amides is 1. The predicted octanol–water partition coefficient (Wildman–Crippen LogP) is 0.604. The predicted molar refractivity (Wildman–Crippen MR) is 64.1 cm³/mol. The average molecular weight is 228 g/mol. The Bertz CT molecular complexity index is 223. The summed E-state index contributed by atoms with van der Waals surface area (Å²) in [5.74, 6) is 0.608. The molecule has 16 heavy (non-hydrogen) atoms. The Morgan fingerprint density at radius 3 is 2.38 bits per heavy atom. The molecule has 1 saturated heterocycles. The molecule has 0 bridgehead atoms. The number of aliphatic hydroxyl groups excluding tert-OH is 1. The molecule has 94 valence electrons. The fraction of sp³-hybridized carbons (Fsp3) is 0.917. The van der Waals surface area contributed by atoms with E-state index in [9.17, 15) is 9.90 Å². The summed E-state index contributed by atoms with van der Waals surface area (Å²) in [6.07, 6.45) is 1.98. The van der Waals surface area contributed by atoms with E-state index < -0.39 is 0 Å². The molecule has 4 nitrogen and oxygen atoms in total. The van der Waals surface area contributed by atoms with Gasteiger partial charge in [0.2, 0.25) is 5.91 Å². The first-order chi connectivity index (χ1) is 7.54. The lowest BCUT2D eigenvalue weighted by molar-refractivity contribution is -0.129. The highest BCUT2D eigenvalue weighted by Gasteiger charge is 2.23. The van der Waals surface area contributed by atoms with Crippen LogP contribution in [-0.4, -0.2) is 47.7 Å². The molecular weight excluding hydrogens is 204 g/mol. The lowest BCUT2D eigenvalue weighted by Gasteiger charge is -2.34. The van der Waals surface area contributed by atoms with Crippen LogP contribution in [0.15, 0.2) is 0 Å². The molecule has 0 aromatic rings. The van der Waals surface area contributed by atoms with Gasteiger partial charge >= 0.3 is 0 Å². The Hall–Kier alpha value is -0.610. The van der Waals surface area contributed by atoms with Gasteiger partial charge in [-0.25, -0.2) is 0 Å². The molecule has 1 heterocycles. The van der Waals surface area contributed by atoms with Crippen molar-refractivity contribution in [2.75, 3.05) is 19.7 Å². The van der Waals surface area contributed by atoms with E-state index in [2.05, 4.69) is 19.2 Å². The molecule has 1 fully saturated rings. The van der Waals surface area contributed by atoms with Gasteiger partial charge in [-0.2, -0.15) is 0 Å². The van der Waals surface area contributed by atoms with Crippen LogP contribution < -0.4 is 5.32 Å². The first-order valence-electron chi connectivity index (χ1n) is 6.17. The Kier molecular flexibility index (Phi) is 5.22. The molecule has 0 spiro atoms. The van der Waals surface area contributed by atoms with Crippen molar-refractivity contribution in [1.29, 1.82) is 0 Å². The van der Waals surface area contributed by atoms with Crippen LogP contribution >= 0.6 is 0 Å². The molecule has 4 heteroatoms. The van der Waals surface area contributed by atoms with Crippen molar-refractivity contribution in [3.8, 4) is 0 Å². The van der Waals surface area contributed by atoms with Crippen molar-refractivity contribution in [2.24, 2.45) is 5.92 Å². The number of nitrogens with zero attached hydrogens (tertiary/aromatic N) is 1. The zero-order chi connectivity index (χ0) is 12.1. The van der Waals surface area contributed by atoms with Gasteiger partial charge in [0, 0.05) is 32.1 Å². The standard InChI is InChI=1S/C12H24N2O2/c1-9(2)12(8-15)13-11-4-6-14(7-5-11)10(3)16/h9,11-13,15H,4-8H2,1-3H3/t12-/m1/s1. The fourth-order valence-electron chi connectivity index (χ4n) is 2.12. The Morgan fingerprint density at radius 2 is 2.00 bits per heavy atom. The summed E-state index contributed by atoms with van der Waals surface area (Å²) in [4.78, 5) is 13.0. The van der Waals surface area contributed by atoms with Gasteiger partial charge in [0.05, 0.1) is 6.61 Å². The van der Waals surface area contributed by atoms with Gasteiger partial charge < -0.3 is 15.3 Å².